The first-order valence-corrected chi connectivity index (χ1v) is 7.64. The van der Waals surface area contributed by atoms with Crippen LogP contribution < -0.4 is 10.5 Å². The number of hydrogen-bond acceptors (Lipinski definition) is 6. The Morgan fingerprint density at radius 3 is 2.86 bits per heavy atom. The highest BCUT2D eigenvalue weighted by Gasteiger charge is 2.22. The third-order valence-electron chi connectivity index (χ3n) is 2.55. The molecule has 7 nitrogen and oxygen atoms in total. The van der Waals surface area contributed by atoms with E-state index in [0.29, 0.717) is 0 Å². The molecule has 0 aliphatic heterocycles. The van der Waals surface area contributed by atoms with Gasteiger partial charge in [-0.05, 0) is 12.1 Å². The number of hydrogen-bond donors (Lipinski definition) is 2. The van der Waals surface area contributed by atoms with Crippen LogP contribution in [0.2, 0.25) is 0 Å². The molecule has 1 aromatic heterocycles. The summed E-state index contributed by atoms with van der Waals surface area (Å²) in [6.07, 6.45) is 1.41. The van der Waals surface area contributed by atoms with Gasteiger partial charge in [0.1, 0.15) is 10.8 Å². The number of nitrogens with zero attached hydrogens (tertiary/aromatic N) is 2. The number of sulfonamides is 1. The van der Waals surface area contributed by atoms with Crippen LogP contribution in [-0.4, -0.2) is 30.1 Å². The molecule has 2 rings (SSSR count). The first-order chi connectivity index (χ1) is 9.92. The van der Waals surface area contributed by atoms with Gasteiger partial charge in [0, 0.05) is 13.0 Å². The average molecular weight is 330 g/mol. The molecule has 0 bridgehead atoms. The smallest absolute Gasteiger partial charge is 0.241 e. The van der Waals surface area contributed by atoms with E-state index < -0.39 is 15.8 Å². The Kier molecular flexibility index (Phi) is 4.60. The Morgan fingerprint density at radius 2 is 2.24 bits per heavy atom. The molecular formula is C11H11FN4O3S2. The predicted octanol–water partition coefficient (Wildman–Crippen LogP) is 0.364. The Bertz CT molecular complexity index is 747. The summed E-state index contributed by atoms with van der Waals surface area (Å²) in [6, 6.07) is 3.59. The largest absolute Gasteiger partial charge is 0.389 e. The van der Waals surface area contributed by atoms with E-state index in [1.54, 1.807) is 0 Å². The van der Waals surface area contributed by atoms with Gasteiger partial charge in [-0.15, -0.1) is 0 Å². The van der Waals surface area contributed by atoms with Gasteiger partial charge in [-0.25, -0.2) is 17.5 Å². The lowest BCUT2D eigenvalue weighted by molar-refractivity contribution is 0.377. The van der Waals surface area contributed by atoms with Gasteiger partial charge in [-0.2, -0.15) is 4.98 Å². The molecular weight excluding hydrogens is 319 g/mol. The summed E-state index contributed by atoms with van der Waals surface area (Å²) in [6.45, 7) is 0.0117. The lowest BCUT2D eigenvalue weighted by atomic mass is 10.2. The van der Waals surface area contributed by atoms with Gasteiger partial charge in [-0.3, -0.25) is 0 Å². The molecule has 1 heterocycles. The maximum atomic E-state index is 13.7. The van der Waals surface area contributed by atoms with Crippen molar-refractivity contribution < 1.29 is 17.3 Å². The monoisotopic (exact) mass is 330 g/mol. The fourth-order valence-corrected chi connectivity index (χ4v) is 3.18. The molecule has 0 amide bonds. The van der Waals surface area contributed by atoms with Crippen LogP contribution in [0.3, 0.4) is 0 Å². The van der Waals surface area contributed by atoms with Gasteiger partial charge in [0.15, 0.2) is 6.33 Å². The van der Waals surface area contributed by atoms with E-state index in [1.165, 1.54) is 18.5 Å². The first-order valence-electron chi connectivity index (χ1n) is 5.75. The molecule has 2 aromatic rings. The van der Waals surface area contributed by atoms with E-state index >= 15 is 0 Å². The van der Waals surface area contributed by atoms with Crippen LogP contribution in [-0.2, 0) is 16.4 Å². The summed E-state index contributed by atoms with van der Waals surface area (Å²) in [5.74, 6) is -0.506. The molecule has 112 valence electrons. The maximum Gasteiger partial charge on any atom is 0.241 e. The number of halogens is 1. The highest BCUT2D eigenvalue weighted by molar-refractivity contribution is 7.89. The van der Waals surface area contributed by atoms with Crippen molar-refractivity contribution >= 4 is 27.2 Å². The van der Waals surface area contributed by atoms with E-state index in [0.717, 1.165) is 6.07 Å². The van der Waals surface area contributed by atoms with Crippen LogP contribution in [0.25, 0.3) is 0 Å². The molecule has 0 radical (unpaired) electrons. The minimum absolute atomic E-state index is 0.0117. The predicted molar refractivity (Wildman–Crippen MR) is 75.5 cm³/mol. The summed E-state index contributed by atoms with van der Waals surface area (Å²) in [5, 5.41) is 3.40. The lowest BCUT2D eigenvalue weighted by Gasteiger charge is -2.10. The zero-order valence-corrected chi connectivity index (χ0v) is 12.2. The standard InChI is InChI=1S/C11H11FN4O3S2/c12-7-2-1-3-8(10(7)11(13)20)21(17,18)16-5-4-9-14-6-15-19-9/h1-3,6,16H,4-5H2,(H2,13,20). The molecule has 0 unspecified atom stereocenters. The van der Waals surface area contributed by atoms with Crippen molar-refractivity contribution in [3.8, 4) is 0 Å². The van der Waals surface area contributed by atoms with Gasteiger partial charge < -0.3 is 10.3 Å². The maximum absolute atomic E-state index is 13.7. The quantitative estimate of drug-likeness (QED) is 0.736. The zero-order chi connectivity index (χ0) is 15.5. The molecule has 0 saturated heterocycles. The Balaban J connectivity index is 2.20. The van der Waals surface area contributed by atoms with E-state index in [-0.39, 0.29) is 34.3 Å². The third-order valence-corrected chi connectivity index (χ3v) is 4.26. The molecule has 0 spiro atoms. The molecule has 0 fully saturated rings. The van der Waals surface area contributed by atoms with Crippen molar-refractivity contribution in [1.29, 1.82) is 0 Å². The molecule has 10 heteroatoms. The average Bonchev–Trinajstić information content (AvgIpc) is 2.91. The molecule has 0 aliphatic rings. The second-order valence-corrected chi connectivity index (χ2v) is 6.14. The van der Waals surface area contributed by atoms with Crippen LogP contribution in [0.1, 0.15) is 11.5 Å². The van der Waals surface area contributed by atoms with E-state index in [9.17, 15) is 12.8 Å². The van der Waals surface area contributed by atoms with Crippen molar-refractivity contribution in [2.45, 2.75) is 11.3 Å². The number of thiocarbonyl (C=S) groups is 1. The highest BCUT2D eigenvalue weighted by Crippen LogP contribution is 2.18. The van der Waals surface area contributed by atoms with Crippen molar-refractivity contribution in [3.63, 3.8) is 0 Å². The minimum Gasteiger partial charge on any atom is -0.389 e. The molecule has 1 aromatic carbocycles. The van der Waals surface area contributed by atoms with Crippen LogP contribution in [0, 0.1) is 5.82 Å². The van der Waals surface area contributed by atoms with Crippen molar-refractivity contribution in [1.82, 2.24) is 14.9 Å². The molecule has 3 N–H and O–H groups in total. The van der Waals surface area contributed by atoms with Crippen LogP contribution in [0.5, 0.6) is 0 Å². The number of nitrogens with two attached hydrogens (primary N) is 1. The second kappa shape index (κ2) is 6.24. The number of benzene rings is 1. The van der Waals surface area contributed by atoms with Gasteiger partial charge in [0.25, 0.3) is 0 Å². The third kappa shape index (κ3) is 3.60. The summed E-state index contributed by atoms with van der Waals surface area (Å²) < 4.78 is 45.1. The van der Waals surface area contributed by atoms with Gasteiger partial charge in [0.2, 0.25) is 15.9 Å². The minimum atomic E-state index is -3.96. The zero-order valence-electron chi connectivity index (χ0n) is 10.6. The van der Waals surface area contributed by atoms with E-state index in [1.807, 2.05) is 0 Å². The Morgan fingerprint density at radius 1 is 1.48 bits per heavy atom. The summed E-state index contributed by atoms with van der Waals surface area (Å²) in [5.41, 5.74) is 5.08. The van der Waals surface area contributed by atoms with Gasteiger partial charge >= 0.3 is 0 Å². The topological polar surface area (TPSA) is 111 Å². The SMILES string of the molecule is NC(=S)c1c(F)cccc1S(=O)(=O)NCCc1ncno1. The highest BCUT2D eigenvalue weighted by atomic mass is 32.2. The summed E-state index contributed by atoms with van der Waals surface area (Å²) in [4.78, 5) is 3.12. The molecule has 21 heavy (non-hydrogen) atoms. The second-order valence-electron chi connectivity index (χ2n) is 3.96. The summed E-state index contributed by atoms with van der Waals surface area (Å²) >= 11 is 4.70. The van der Waals surface area contributed by atoms with E-state index in [2.05, 4.69) is 14.9 Å². The van der Waals surface area contributed by atoms with Crippen LogP contribution >= 0.6 is 12.2 Å². The fourth-order valence-electron chi connectivity index (χ4n) is 1.64. The van der Waals surface area contributed by atoms with Gasteiger partial charge in [0.05, 0.1) is 10.5 Å². The number of rotatable bonds is 6. The Hall–Kier alpha value is -1.91. The number of nitrogens with one attached hydrogen (secondary N) is 1. The first kappa shape index (κ1) is 15.5. The van der Waals surface area contributed by atoms with Crippen LogP contribution in [0.15, 0.2) is 33.9 Å². The molecule has 0 atom stereocenters. The lowest BCUT2D eigenvalue weighted by Crippen LogP contribution is -2.29. The molecule has 0 aliphatic carbocycles. The Labute approximate surface area is 125 Å². The normalized spacial score (nSPS) is 11.5. The summed E-state index contributed by atoms with van der Waals surface area (Å²) in [7, 11) is -3.96. The molecule has 0 saturated carbocycles. The van der Waals surface area contributed by atoms with Crippen molar-refractivity contribution in [2.24, 2.45) is 5.73 Å². The van der Waals surface area contributed by atoms with Crippen LogP contribution in [0.4, 0.5) is 4.39 Å². The number of aromatic nitrogens is 2. The fraction of sp³-hybridized carbons (Fsp3) is 0.182. The van der Waals surface area contributed by atoms with Gasteiger partial charge in [-0.1, -0.05) is 23.4 Å². The van der Waals surface area contributed by atoms with Crippen molar-refractivity contribution in [2.75, 3.05) is 6.54 Å². The van der Waals surface area contributed by atoms with Crippen molar-refractivity contribution in [3.05, 3.63) is 41.8 Å². The van der Waals surface area contributed by atoms with E-state index in [4.69, 9.17) is 22.5 Å².